The Morgan fingerprint density at radius 1 is 0.967 bits per heavy atom. The first-order chi connectivity index (χ1) is 14.5. The van der Waals surface area contributed by atoms with Crippen LogP contribution in [-0.2, 0) is 14.3 Å². The summed E-state index contributed by atoms with van der Waals surface area (Å²) in [5, 5.41) is 11.6. The average molecular weight is 396 g/mol. The number of ether oxygens (including phenoxy) is 1. The van der Waals surface area contributed by atoms with Crippen molar-refractivity contribution in [2.45, 2.75) is 13.0 Å². The normalized spacial score (nSPS) is 11.5. The molecule has 0 saturated heterocycles. The summed E-state index contributed by atoms with van der Waals surface area (Å²) in [6.07, 6.45) is 1.74. The molecule has 0 bridgehead atoms. The zero-order valence-corrected chi connectivity index (χ0v) is 16.4. The van der Waals surface area contributed by atoms with Gasteiger partial charge in [-0.2, -0.15) is 5.26 Å². The molecule has 3 rings (SSSR count). The third kappa shape index (κ3) is 5.66. The minimum Gasteiger partial charge on any atom is -0.444 e. The highest BCUT2D eigenvalue weighted by Crippen LogP contribution is 2.21. The Morgan fingerprint density at radius 2 is 1.63 bits per heavy atom. The maximum atomic E-state index is 12.8. The first-order valence-corrected chi connectivity index (χ1v) is 9.36. The van der Waals surface area contributed by atoms with Crippen molar-refractivity contribution in [2.75, 3.05) is 5.32 Å². The molecule has 5 nitrogen and oxygen atoms in total. The molecule has 0 spiro atoms. The fraction of sp³-hybridized carbons (Fsp3) is 0.0800. The van der Waals surface area contributed by atoms with Crippen LogP contribution in [0.1, 0.15) is 28.4 Å². The Labute approximate surface area is 175 Å². The lowest BCUT2D eigenvalue weighted by Crippen LogP contribution is -2.25. The van der Waals surface area contributed by atoms with Crippen molar-refractivity contribution in [3.8, 4) is 6.07 Å². The van der Waals surface area contributed by atoms with E-state index in [4.69, 9.17) is 10.00 Å². The monoisotopic (exact) mass is 396 g/mol. The predicted octanol–water partition coefficient (Wildman–Crippen LogP) is 4.80. The number of esters is 1. The number of rotatable bonds is 6. The summed E-state index contributed by atoms with van der Waals surface area (Å²) in [6, 6.07) is 25.0. The van der Waals surface area contributed by atoms with Gasteiger partial charge in [-0.15, -0.1) is 0 Å². The first-order valence-electron chi connectivity index (χ1n) is 9.36. The summed E-state index contributed by atoms with van der Waals surface area (Å²) in [7, 11) is 0. The average Bonchev–Trinajstić information content (AvgIpc) is 2.78. The summed E-state index contributed by atoms with van der Waals surface area (Å²) in [6.45, 7) is 1.96. The summed E-state index contributed by atoms with van der Waals surface area (Å²) in [4.78, 5) is 25.2. The zero-order valence-electron chi connectivity index (χ0n) is 16.4. The lowest BCUT2D eigenvalue weighted by atomic mass is 10.1. The number of hydrogen-bond donors (Lipinski definition) is 1. The number of aryl methyl sites for hydroxylation is 1. The molecule has 0 fully saturated rings. The van der Waals surface area contributed by atoms with Crippen LogP contribution >= 0.6 is 0 Å². The van der Waals surface area contributed by atoms with Crippen LogP contribution in [0.2, 0.25) is 0 Å². The van der Waals surface area contributed by atoms with E-state index in [1.807, 2.05) is 31.2 Å². The molecule has 1 amide bonds. The summed E-state index contributed by atoms with van der Waals surface area (Å²) in [5.41, 5.74) is 3.54. The Kier molecular flexibility index (Phi) is 6.75. The van der Waals surface area contributed by atoms with E-state index in [0.717, 1.165) is 11.1 Å². The van der Waals surface area contributed by atoms with Crippen LogP contribution in [0.5, 0.6) is 0 Å². The Bertz CT molecular complexity index is 1080. The number of nitrogens with zero attached hydrogens (tertiary/aromatic N) is 1. The minimum absolute atomic E-state index is 0.440. The van der Waals surface area contributed by atoms with Crippen LogP contribution < -0.4 is 5.32 Å². The molecule has 0 aliphatic rings. The van der Waals surface area contributed by atoms with Gasteiger partial charge in [0.25, 0.3) is 5.91 Å². The highest BCUT2D eigenvalue weighted by atomic mass is 16.5. The highest BCUT2D eigenvalue weighted by molar-refractivity contribution is 5.97. The van der Waals surface area contributed by atoms with E-state index in [-0.39, 0.29) is 0 Å². The second-order valence-corrected chi connectivity index (χ2v) is 6.65. The van der Waals surface area contributed by atoms with Crippen LogP contribution in [-0.4, -0.2) is 11.9 Å². The van der Waals surface area contributed by atoms with Crippen LogP contribution in [0.25, 0.3) is 6.08 Å². The molecule has 5 heteroatoms. The lowest BCUT2D eigenvalue weighted by Gasteiger charge is -2.17. The highest BCUT2D eigenvalue weighted by Gasteiger charge is 2.24. The number of nitriles is 1. The molecule has 0 aliphatic heterocycles. The maximum Gasteiger partial charge on any atom is 0.331 e. The molecule has 3 aromatic carbocycles. The van der Waals surface area contributed by atoms with Gasteiger partial charge < -0.3 is 10.1 Å². The molecular weight excluding hydrogens is 376 g/mol. The number of amides is 1. The van der Waals surface area contributed by atoms with Gasteiger partial charge in [-0.25, -0.2) is 4.79 Å². The van der Waals surface area contributed by atoms with Gasteiger partial charge in [0.2, 0.25) is 6.10 Å². The molecule has 30 heavy (non-hydrogen) atoms. The van der Waals surface area contributed by atoms with Crippen molar-refractivity contribution in [1.29, 1.82) is 5.26 Å². The number of carbonyl (C=O) groups excluding carboxylic acids is 2. The third-order valence-corrected chi connectivity index (χ3v) is 4.35. The molecular formula is C25H20N2O3. The largest absolute Gasteiger partial charge is 0.444 e. The van der Waals surface area contributed by atoms with E-state index >= 15 is 0 Å². The van der Waals surface area contributed by atoms with E-state index in [9.17, 15) is 9.59 Å². The number of hydrogen-bond acceptors (Lipinski definition) is 4. The summed E-state index contributed by atoms with van der Waals surface area (Å²) >= 11 is 0. The van der Waals surface area contributed by atoms with E-state index < -0.39 is 18.0 Å². The number of benzene rings is 3. The SMILES string of the molecule is Cc1ccc(NC(=O)[C@@H](OC(=O)/C=C/c2ccc(C#N)cc2)c2ccccc2)cc1. The van der Waals surface area contributed by atoms with Crippen LogP contribution in [0, 0.1) is 18.3 Å². The van der Waals surface area contributed by atoms with Gasteiger partial charge in [0.1, 0.15) is 0 Å². The van der Waals surface area contributed by atoms with Crippen molar-refractivity contribution < 1.29 is 14.3 Å². The first kappa shape index (κ1) is 20.6. The predicted molar refractivity (Wildman–Crippen MR) is 115 cm³/mol. The van der Waals surface area contributed by atoms with E-state index in [1.165, 1.54) is 6.08 Å². The molecule has 3 aromatic rings. The molecule has 1 N–H and O–H groups in total. The summed E-state index contributed by atoms with van der Waals surface area (Å²) < 4.78 is 5.47. The Morgan fingerprint density at radius 3 is 2.27 bits per heavy atom. The van der Waals surface area contributed by atoms with Gasteiger partial charge in [-0.3, -0.25) is 4.79 Å². The molecule has 1 atom stereocenters. The quantitative estimate of drug-likeness (QED) is 0.479. The molecule has 0 aromatic heterocycles. The van der Waals surface area contributed by atoms with E-state index in [1.54, 1.807) is 66.7 Å². The van der Waals surface area contributed by atoms with Crippen molar-refractivity contribution in [3.05, 3.63) is 107 Å². The number of anilines is 1. The van der Waals surface area contributed by atoms with Crippen molar-refractivity contribution in [1.82, 2.24) is 0 Å². The minimum atomic E-state index is -1.09. The zero-order chi connectivity index (χ0) is 21.3. The molecule has 0 heterocycles. The van der Waals surface area contributed by atoms with Gasteiger partial charge in [0.05, 0.1) is 11.6 Å². The van der Waals surface area contributed by atoms with Crippen LogP contribution in [0.4, 0.5) is 5.69 Å². The van der Waals surface area contributed by atoms with Crippen molar-refractivity contribution in [2.24, 2.45) is 0 Å². The second kappa shape index (κ2) is 9.85. The third-order valence-electron chi connectivity index (χ3n) is 4.35. The van der Waals surface area contributed by atoms with Gasteiger partial charge in [-0.1, -0.05) is 60.2 Å². The fourth-order valence-electron chi connectivity index (χ4n) is 2.73. The topological polar surface area (TPSA) is 79.2 Å². The van der Waals surface area contributed by atoms with Crippen LogP contribution in [0.15, 0.2) is 84.9 Å². The van der Waals surface area contributed by atoms with E-state index in [2.05, 4.69) is 5.32 Å². The smallest absolute Gasteiger partial charge is 0.331 e. The van der Waals surface area contributed by atoms with Crippen molar-refractivity contribution >= 4 is 23.6 Å². The lowest BCUT2D eigenvalue weighted by molar-refractivity contribution is -0.149. The van der Waals surface area contributed by atoms with Gasteiger partial charge >= 0.3 is 5.97 Å². The molecule has 0 saturated carbocycles. The van der Waals surface area contributed by atoms with Gasteiger partial charge in [-0.05, 0) is 42.8 Å². The summed E-state index contributed by atoms with van der Waals surface area (Å²) in [5.74, 6) is -1.09. The molecule has 0 aliphatic carbocycles. The Balaban J connectivity index is 1.74. The number of nitrogens with one attached hydrogen (secondary N) is 1. The molecule has 0 unspecified atom stereocenters. The van der Waals surface area contributed by atoms with Gasteiger partial charge in [0, 0.05) is 17.3 Å². The van der Waals surface area contributed by atoms with Gasteiger partial charge in [0.15, 0.2) is 0 Å². The van der Waals surface area contributed by atoms with E-state index in [0.29, 0.717) is 16.8 Å². The standard InChI is InChI=1S/C25H20N2O3/c1-18-7-14-22(15-8-18)27-25(29)24(21-5-3-2-4-6-21)30-23(28)16-13-19-9-11-20(17-26)12-10-19/h2-16,24H,1H3,(H,27,29)/b16-13+/t24-/m0/s1. The number of carbonyl (C=O) groups is 2. The molecule has 148 valence electrons. The fourth-order valence-corrected chi connectivity index (χ4v) is 2.73. The van der Waals surface area contributed by atoms with Crippen LogP contribution in [0.3, 0.4) is 0 Å². The van der Waals surface area contributed by atoms with Crippen molar-refractivity contribution in [3.63, 3.8) is 0 Å². The molecule has 0 radical (unpaired) electrons. The maximum absolute atomic E-state index is 12.8. The Hall–Kier alpha value is -4.17. The second-order valence-electron chi connectivity index (χ2n) is 6.65.